The van der Waals surface area contributed by atoms with Crippen molar-refractivity contribution in [1.82, 2.24) is 4.90 Å². The fourth-order valence-electron chi connectivity index (χ4n) is 3.35. The molecule has 0 unspecified atom stereocenters. The van der Waals surface area contributed by atoms with Gasteiger partial charge >= 0.3 is 5.97 Å². The first-order valence-electron chi connectivity index (χ1n) is 10.5. The maximum absolute atomic E-state index is 12.8. The van der Waals surface area contributed by atoms with Crippen molar-refractivity contribution >= 4 is 58.4 Å². The van der Waals surface area contributed by atoms with Gasteiger partial charge in [-0.15, -0.1) is 0 Å². The number of ketones is 1. The zero-order valence-electron chi connectivity index (χ0n) is 18.2. The number of hydrogen-bond acceptors (Lipinski definition) is 5. The quantitative estimate of drug-likeness (QED) is 0.306. The lowest BCUT2D eigenvalue weighted by molar-refractivity contribution is -0.123. The molecule has 1 aliphatic rings. The van der Waals surface area contributed by atoms with Gasteiger partial charge in [-0.05, 0) is 64.9 Å². The summed E-state index contributed by atoms with van der Waals surface area (Å²) in [7, 11) is 0. The number of benzene rings is 3. The molecule has 1 saturated heterocycles. The number of amides is 2. The van der Waals surface area contributed by atoms with E-state index in [9.17, 15) is 19.2 Å². The summed E-state index contributed by atoms with van der Waals surface area (Å²) in [6.45, 7) is 0.0606. The monoisotopic (exact) mass is 503 g/mol. The maximum Gasteiger partial charge on any atom is 0.335 e. The van der Waals surface area contributed by atoms with Crippen molar-refractivity contribution in [1.29, 1.82) is 0 Å². The third-order valence-electron chi connectivity index (χ3n) is 5.22. The zero-order valence-corrected chi connectivity index (χ0v) is 19.8. The maximum atomic E-state index is 12.8. The van der Waals surface area contributed by atoms with Crippen LogP contribution in [0.5, 0.6) is 0 Å². The topological polar surface area (TPSA) is 91.8 Å². The highest BCUT2D eigenvalue weighted by molar-refractivity contribution is 8.18. The van der Waals surface area contributed by atoms with E-state index >= 15 is 0 Å². The molecule has 1 heterocycles. The zero-order chi connectivity index (χ0) is 24.9. The Morgan fingerprint density at radius 3 is 2.23 bits per heavy atom. The van der Waals surface area contributed by atoms with Gasteiger partial charge in [0.25, 0.3) is 11.1 Å². The molecule has 3 aromatic carbocycles. The summed E-state index contributed by atoms with van der Waals surface area (Å²) in [6.07, 6.45) is 4.77. The number of halogens is 1. The smallest absolute Gasteiger partial charge is 0.335 e. The molecule has 0 saturated carbocycles. The first-order valence-corrected chi connectivity index (χ1v) is 11.7. The van der Waals surface area contributed by atoms with Gasteiger partial charge in [0.2, 0.25) is 0 Å². The van der Waals surface area contributed by atoms with Crippen LogP contribution in [0.4, 0.5) is 4.79 Å². The molecule has 35 heavy (non-hydrogen) atoms. The van der Waals surface area contributed by atoms with E-state index in [0.29, 0.717) is 21.1 Å². The highest BCUT2D eigenvalue weighted by atomic mass is 35.5. The summed E-state index contributed by atoms with van der Waals surface area (Å²) in [5, 5.41) is 9.00. The van der Waals surface area contributed by atoms with Gasteiger partial charge in [0.15, 0.2) is 5.78 Å². The number of allylic oxidation sites excluding steroid dienone is 1. The molecule has 6 nitrogen and oxygen atoms in total. The van der Waals surface area contributed by atoms with Gasteiger partial charge in [0.05, 0.1) is 22.0 Å². The second-order valence-corrected chi connectivity index (χ2v) is 9.01. The first kappa shape index (κ1) is 24.2. The van der Waals surface area contributed by atoms with Crippen LogP contribution in [0, 0.1) is 0 Å². The molecule has 8 heteroatoms. The van der Waals surface area contributed by atoms with E-state index < -0.39 is 11.9 Å². The van der Waals surface area contributed by atoms with E-state index in [1.807, 2.05) is 0 Å². The first-order chi connectivity index (χ1) is 16.8. The minimum atomic E-state index is -1.04. The Labute approximate surface area is 210 Å². The molecule has 1 fully saturated rings. The largest absolute Gasteiger partial charge is 0.478 e. The highest BCUT2D eigenvalue weighted by Crippen LogP contribution is 2.33. The second-order valence-electron chi connectivity index (χ2n) is 7.61. The Kier molecular flexibility index (Phi) is 7.29. The van der Waals surface area contributed by atoms with Crippen LogP contribution in [0.1, 0.15) is 37.4 Å². The minimum Gasteiger partial charge on any atom is -0.478 e. The van der Waals surface area contributed by atoms with Gasteiger partial charge in [-0.25, -0.2) is 4.79 Å². The van der Waals surface area contributed by atoms with E-state index in [0.717, 1.165) is 27.8 Å². The number of carbonyl (C=O) groups is 4. The number of carboxylic acids is 1. The van der Waals surface area contributed by atoms with Crippen LogP contribution in [0.25, 0.3) is 12.2 Å². The van der Waals surface area contributed by atoms with E-state index in [1.54, 1.807) is 72.8 Å². The molecule has 1 aliphatic heterocycles. The Balaban J connectivity index is 1.42. The number of hydrogen-bond donors (Lipinski definition) is 1. The summed E-state index contributed by atoms with van der Waals surface area (Å²) in [5.41, 5.74) is 2.74. The highest BCUT2D eigenvalue weighted by Gasteiger charge is 2.34. The van der Waals surface area contributed by atoms with Crippen LogP contribution in [0.15, 0.2) is 83.8 Å². The molecule has 2 amide bonds. The summed E-state index contributed by atoms with van der Waals surface area (Å²) in [6, 6.07) is 20.1. The fourth-order valence-corrected chi connectivity index (χ4v) is 4.42. The number of imide groups is 1. The summed E-state index contributed by atoms with van der Waals surface area (Å²) < 4.78 is 0. The normalized spacial score (nSPS) is 14.8. The average molecular weight is 504 g/mol. The lowest BCUT2D eigenvalue weighted by Crippen LogP contribution is -2.27. The number of carboxylic acid groups (broad SMARTS) is 1. The summed E-state index contributed by atoms with van der Waals surface area (Å²) in [4.78, 5) is 49.9. The molecule has 0 aliphatic carbocycles. The molecule has 3 aromatic rings. The molecular formula is C27H18ClNO5S. The number of aromatic carboxylic acids is 1. The number of rotatable bonds is 7. The molecule has 0 spiro atoms. The van der Waals surface area contributed by atoms with Crippen molar-refractivity contribution in [3.05, 3.63) is 117 Å². The van der Waals surface area contributed by atoms with Crippen LogP contribution < -0.4 is 0 Å². The second kappa shape index (κ2) is 10.5. The van der Waals surface area contributed by atoms with Gasteiger partial charge in [0, 0.05) is 5.56 Å². The standard InChI is InChI=1S/C27H18ClNO5S/c28-22-4-2-1-3-21(22)23(30)14-11-17-5-7-18(8-6-17)15-24-25(31)29(27(34)35-24)16-19-9-12-20(13-10-19)26(32)33/h1-15H,16H2,(H,32,33)/b14-11+,24-15-. The molecule has 0 radical (unpaired) electrons. The van der Waals surface area contributed by atoms with Crippen LogP contribution >= 0.6 is 23.4 Å². The number of thioether (sulfide) groups is 1. The molecule has 0 aromatic heterocycles. The predicted molar refractivity (Wildman–Crippen MR) is 136 cm³/mol. The lowest BCUT2D eigenvalue weighted by atomic mass is 10.1. The Hall–Kier alpha value is -3.94. The molecule has 174 valence electrons. The Bertz CT molecular complexity index is 1380. The van der Waals surface area contributed by atoms with Crippen LogP contribution in [0.2, 0.25) is 5.02 Å². The minimum absolute atomic E-state index is 0.0606. The fraction of sp³-hybridized carbons (Fsp3) is 0.0370. The third-order valence-corrected chi connectivity index (χ3v) is 6.45. The predicted octanol–water partition coefficient (Wildman–Crippen LogP) is 6.17. The van der Waals surface area contributed by atoms with Crippen molar-refractivity contribution < 1.29 is 24.3 Å². The van der Waals surface area contributed by atoms with Crippen molar-refractivity contribution in [2.24, 2.45) is 0 Å². The summed E-state index contributed by atoms with van der Waals surface area (Å²) >= 11 is 6.91. The van der Waals surface area contributed by atoms with E-state index in [-0.39, 0.29) is 23.1 Å². The van der Waals surface area contributed by atoms with Crippen molar-refractivity contribution in [2.45, 2.75) is 6.54 Å². The number of nitrogens with zero attached hydrogens (tertiary/aromatic N) is 1. The summed E-state index contributed by atoms with van der Waals surface area (Å²) in [5.74, 6) is -1.65. The molecule has 0 atom stereocenters. The van der Waals surface area contributed by atoms with Gasteiger partial charge in [-0.1, -0.05) is 66.2 Å². The van der Waals surface area contributed by atoms with E-state index in [1.165, 1.54) is 18.2 Å². The molecule has 0 bridgehead atoms. The third kappa shape index (κ3) is 5.77. The average Bonchev–Trinajstić information content (AvgIpc) is 3.11. The van der Waals surface area contributed by atoms with Gasteiger partial charge in [0.1, 0.15) is 0 Å². The van der Waals surface area contributed by atoms with Crippen LogP contribution in [-0.4, -0.2) is 32.9 Å². The Morgan fingerprint density at radius 2 is 1.57 bits per heavy atom. The van der Waals surface area contributed by atoms with Crippen LogP contribution in [-0.2, 0) is 11.3 Å². The van der Waals surface area contributed by atoms with Crippen molar-refractivity contribution in [3.63, 3.8) is 0 Å². The van der Waals surface area contributed by atoms with Gasteiger partial charge in [-0.2, -0.15) is 0 Å². The Morgan fingerprint density at radius 1 is 0.914 bits per heavy atom. The van der Waals surface area contributed by atoms with E-state index in [4.69, 9.17) is 16.7 Å². The number of carbonyl (C=O) groups excluding carboxylic acids is 3. The SMILES string of the molecule is O=C(O)c1ccc(CN2C(=O)S/C(=C\c3ccc(/C=C/C(=O)c4ccccc4Cl)cc3)C2=O)cc1. The van der Waals surface area contributed by atoms with Crippen LogP contribution in [0.3, 0.4) is 0 Å². The van der Waals surface area contributed by atoms with E-state index in [2.05, 4.69) is 0 Å². The van der Waals surface area contributed by atoms with Gasteiger partial charge < -0.3 is 5.11 Å². The lowest BCUT2D eigenvalue weighted by Gasteiger charge is -2.12. The van der Waals surface area contributed by atoms with Gasteiger partial charge in [-0.3, -0.25) is 19.3 Å². The molecule has 1 N–H and O–H groups in total. The van der Waals surface area contributed by atoms with Crippen molar-refractivity contribution in [2.75, 3.05) is 0 Å². The molecular weight excluding hydrogens is 486 g/mol. The van der Waals surface area contributed by atoms with Crippen molar-refractivity contribution in [3.8, 4) is 0 Å². The molecule has 4 rings (SSSR count).